The number of nitrogens with one attached hydrogen (secondary N) is 1. The third-order valence-corrected chi connectivity index (χ3v) is 7.83. The SMILES string of the molecule is CCOc1ccc2[nH]c(=O)c(C(c3nnnn3C3CCCCC3)N3CCN(C(=O)c4ccco4)CC3)cc2c1. The number of amides is 1. The zero-order valence-corrected chi connectivity index (χ0v) is 22.1. The van der Waals surface area contributed by atoms with Gasteiger partial charge >= 0.3 is 0 Å². The van der Waals surface area contributed by atoms with Crippen molar-refractivity contribution >= 4 is 16.8 Å². The van der Waals surface area contributed by atoms with Crippen LogP contribution < -0.4 is 10.3 Å². The number of hydrogen-bond donors (Lipinski definition) is 1. The Morgan fingerprint density at radius 2 is 1.95 bits per heavy atom. The molecule has 0 spiro atoms. The van der Waals surface area contributed by atoms with Gasteiger partial charge < -0.3 is 19.0 Å². The number of nitrogens with zero attached hydrogens (tertiary/aromatic N) is 6. The fourth-order valence-electron chi connectivity index (χ4n) is 5.87. The average molecular weight is 532 g/mol. The number of tetrazole rings is 1. The molecule has 2 aliphatic rings. The molecule has 0 radical (unpaired) electrons. The van der Waals surface area contributed by atoms with Crippen molar-refractivity contribution in [3.05, 3.63) is 70.2 Å². The summed E-state index contributed by atoms with van der Waals surface area (Å²) >= 11 is 0. The Hall–Kier alpha value is -3.99. The summed E-state index contributed by atoms with van der Waals surface area (Å²) in [5, 5.41) is 13.9. The van der Waals surface area contributed by atoms with Gasteiger partial charge in [0.1, 0.15) is 11.8 Å². The number of aromatic amines is 1. The molecule has 2 fully saturated rings. The molecule has 1 saturated heterocycles. The fraction of sp³-hybridized carbons (Fsp3) is 0.464. The molecule has 39 heavy (non-hydrogen) atoms. The van der Waals surface area contributed by atoms with Gasteiger partial charge in [-0.3, -0.25) is 14.5 Å². The first-order chi connectivity index (χ1) is 19.1. The molecule has 1 aliphatic heterocycles. The number of carbonyl (C=O) groups is 1. The smallest absolute Gasteiger partial charge is 0.289 e. The third-order valence-electron chi connectivity index (χ3n) is 7.83. The van der Waals surface area contributed by atoms with E-state index < -0.39 is 6.04 Å². The van der Waals surface area contributed by atoms with E-state index in [-0.39, 0.29) is 17.5 Å². The average Bonchev–Trinajstić information content (AvgIpc) is 3.68. The molecule has 3 aromatic heterocycles. The number of H-pyrrole nitrogens is 1. The van der Waals surface area contributed by atoms with E-state index in [2.05, 4.69) is 25.4 Å². The second-order valence-corrected chi connectivity index (χ2v) is 10.2. The molecule has 11 heteroatoms. The number of fused-ring (bicyclic) bond motifs is 1. The van der Waals surface area contributed by atoms with Crippen molar-refractivity contribution < 1.29 is 13.9 Å². The largest absolute Gasteiger partial charge is 0.494 e. The molecular weight excluding hydrogens is 498 g/mol. The maximum absolute atomic E-state index is 13.6. The minimum Gasteiger partial charge on any atom is -0.494 e. The number of aromatic nitrogens is 5. The predicted molar refractivity (Wildman–Crippen MR) is 144 cm³/mol. The maximum Gasteiger partial charge on any atom is 0.289 e. The van der Waals surface area contributed by atoms with Crippen LogP contribution in [0.15, 0.2) is 51.9 Å². The fourth-order valence-corrected chi connectivity index (χ4v) is 5.87. The molecule has 1 saturated carbocycles. The summed E-state index contributed by atoms with van der Waals surface area (Å²) in [5.41, 5.74) is 1.14. The van der Waals surface area contributed by atoms with Crippen molar-refractivity contribution in [2.75, 3.05) is 32.8 Å². The third kappa shape index (κ3) is 5.06. The van der Waals surface area contributed by atoms with E-state index >= 15 is 0 Å². The molecule has 1 unspecified atom stereocenters. The molecular formula is C28H33N7O4. The van der Waals surface area contributed by atoms with E-state index in [1.807, 2.05) is 35.9 Å². The van der Waals surface area contributed by atoms with Crippen molar-refractivity contribution in [3.63, 3.8) is 0 Å². The number of carbonyl (C=O) groups excluding carboxylic acids is 1. The summed E-state index contributed by atoms with van der Waals surface area (Å²) in [6, 6.07) is 10.7. The molecule has 4 aromatic rings. The molecule has 0 bridgehead atoms. The Balaban J connectivity index is 1.37. The summed E-state index contributed by atoms with van der Waals surface area (Å²) in [6.45, 7) is 4.62. The standard InChI is InChI=1S/C28H33N7O4/c1-2-38-21-10-11-23-19(17-21)18-22(27(36)29-23)25(26-30-31-32-35(26)20-7-4-3-5-8-20)33-12-14-34(15-13-33)28(37)24-9-6-16-39-24/h6,9-11,16-18,20,25H,2-5,7-8,12-15H2,1H3,(H,29,36). The number of benzene rings is 1. The first-order valence-corrected chi connectivity index (χ1v) is 13.8. The highest BCUT2D eigenvalue weighted by Gasteiger charge is 2.35. The zero-order valence-electron chi connectivity index (χ0n) is 22.1. The van der Waals surface area contributed by atoms with Crippen molar-refractivity contribution in [2.24, 2.45) is 0 Å². The topological polar surface area (TPSA) is 122 Å². The molecule has 4 heterocycles. The second-order valence-electron chi connectivity index (χ2n) is 10.2. The van der Waals surface area contributed by atoms with Gasteiger partial charge in [0.2, 0.25) is 0 Å². The van der Waals surface area contributed by atoms with Gasteiger partial charge in [-0.25, -0.2) is 4.68 Å². The van der Waals surface area contributed by atoms with Crippen LogP contribution in [0.3, 0.4) is 0 Å². The van der Waals surface area contributed by atoms with E-state index in [1.165, 1.54) is 12.7 Å². The molecule has 1 aromatic carbocycles. The van der Waals surface area contributed by atoms with Gasteiger partial charge in [0.15, 0.2) is 11.6 Å². The van der Waals surface area contributed by atoms with Crippen molar-refractivity contribution in [1.29, 1.82) is 0 Å². The van der Waals surface area contributed by atoms with Gasteiger partial charge in [-0.2, -0.15) is 0 Å². The van der Waals surface area contributed by atoms with Crippen LogP contribution in [-0.2, 0) is 0 Å². The number of pyridine rings is 1. The Labute approximate surface area is 225 Å². The number of ether oxygens (including phenoxy) is 1. The Morgan fingerprint density at radius 3 is 2.69 bits per heavy atom. The lowest BCUT2D eigenvalue weighted by Gasteiger charge is -2.38. The Kier molecular flexibility index (Phi) is 7.14. The summed E-state index contributed by atoms with van der Waals surface area (Å²) in [4.78, 5) is 33.5. The van der Waals surface area contributed by atoms with E-state index in [9.17, 15) is 9.59 Å². The van der Waals surface area contributed by atoms with Crippen LogP contribution in [0.5, 0.6) is 5.75 Å². The van der Waals surface area contributed by atoms with Crippen LogP contribution in [-0.4, -0.2) is 73.7 Å². The van der Waals surface area contributed by atoms with E-state index in [0.29, 0.717) is 49.9 Å². The van der Waals surface area contributed by atoms with Crippen molar-refractivity contribution in [3.8, 4) is 5.75 Å². The molecule has 1 atom stereocenters. The first kappa shape index (κ1) is 25.3. The Bertz CT molecular complexity index is 1480. The summed E-state index contributed by atoms with van der Waals surface area (Å²) in [7, 11) is 0. The first-order valence-electron chi connectivity index (χ1n) is 13.8. The van der Waals surface area contributed by atoms with Gasteiger partial charge in [0.05, 0.1) is 18.9 Å². The predicted octanol–water partition coefficient (Wildman–Crippen LogP) is 3.56. The van der Waals surface area contributed by atoms with Gasteiger partial charge in [0, 0.05) is 42.6 Å². The van der Waals surface area contributed by atoms with Crippen LogP contribution >= 0.6 is 0 Å². The van der Waals surface area contributed by atoms with Crippen LogP contribution in [0.4, 0.5) is 0 Å². The molecule has 11 nitrogen and oxygen atoms in total. The minimum atomic E-state index is -0.466. The maximum atomic E-state index is 13.6. The molecule has 204 valence electrons. The van der Waals surface area contributed by atoms with Gasteiger partial charge in [0.25, 0.3) is 11.5 Å². The van der Waals surface area contributed by atoms with E-state index in [0.717, 1.165) is 42.3 Å². The molecule has 1 N–H and O–H groups in total. The highest BCUT2D eigenvalue weighted by molar-refractivity contribution is 5.91. The van der Waals surface area contributed by atoms with Crippen molar-refractivity contribution in [1.82, 2.24) is 35.0 Å². The minimum absolute atomic E-state index is 0.129. The number of furan rings is 1. The molecule has 1 aliphatic carbocycles. The number of hydrogen-bond acceptors (Lipinski definition) is 8. The highest BCUT2D eigenvalue weighted by Crippen LogP contribution is 2.34. The van der Waals surface area contributed by atoms with E-state index in [1.54, 1.807) is 17.0 Å². The highest BCUT2D eigenvalue weighted by atomic mass is 16.5. The Morgan fingerprint density at radius 1 is 1.13 bits per heavy atom. The normalized spacial score (nSPS) is 17.9. The monoisotopic (exact) mass is 531 g/mol. The number of piperazine rings is 1. The second kappa shape index (κ2) is 11.0. The summed E-state index contributed by atoms with van der Waals surface area (Å²) in [5.74, 6) is 1.61. The lowest BCUT2D eigenvalue weighted by Crippen LogP contribution is -2.51. The van der Waals surface area contributed by atoms with Crippen LogP contribution in [0, 0.1) is 0 Å². The summed E-state index contributed by atoms with van der Waals surface area (Å²) in [6.07, 6.45) is 7.03. The summed E-state index contributed by atoms with van der Waals surface area (Å²) < 4.78 is 13.0. The van der Waals surface area contributed by atoms with Gasteiger partial charge in [-0.15, -0.1) is 5.10 Å². The zero-order chi connectivity index (χ0) is 26.8. The lowest BCUT2D eigenvalue weighted by molar-refractivity contribution is 0.0556. The van der Waals surface area contributed by atoms with Crippen LogP contribution in [0.25, 0.3) is 10.9 Å². The lowest BCUT2D eigenvalue weighted by atomic mass is 9.95. The quantitative estimate of drug-likeness (QED) is 0.384. The van der Waals surface area contributed by atoms with Crippen molar-refractivity contribution in [2.45, 2.75) is 51.1 Å². The molecule has 1 amide bonds. The van der Waals surface area contributed by atoms with Crippen LogP contribution in [0.1, 0.15) is 73.1 Å². The molecule has 6 rings (SSSR count). The van der Waals surface area contributed by atoms with Crippen LogP contribution in [0.2, 0.25) is 0 Å². The van der Waals surface area contributed by atoms with E-state index in [4.69, 9.17) is 9.15 Å². The number of rotatable bonds is 7. The van der Waals surface area contributed by atoms with Gasteiger partial charge in [-0.1, -0.05) is 19.3 Å². The van der Waals surface area contributed by atoms with Gasteiger partial charge in [-0.05, 0) is 66.6 Å².